The zero-order chi connectivity index (χ0) is 16.5. The van der Waals surface area contributed by atoms with E-state index in [1.165, 1.54) is 18.2 Å². The number of nitro groups is 1. The van der Waals surface area contributed by atoms with Crippen molar-refractivity contribution in [3.8, 4) is 16.9 Å². The van der Waals surface area contributed by atoms with E-state index in [9.17, 15) is 23.3 Å². The number of H-pyrrole nitrogens is 1. The Labute approximate surface area is 131 Å². The summed E-state index contributed by atoms with van der Waals surface area (Å²) in [5.74, 6) is 0.443. The molecule has 1 aromatic heterocycles. The van der Waals surface area contributed by atoms with Crippen LogP contribution in [0.4, 0.5) is 18.9 Å². The first-order valence-electron chi connectivity index (χ1n) is 6.11. The molecule has 0 atom stereocenters. The average Bonchev–Trinajstić information content (AvgIpc) is 2.86. The second kappa shape index (κ2) is 5.99. The van der Waals surface area contributed by atoms with Crippen LogP contribution >= 0.6 is 15.9 Å². The van der Waals surface area contributed by atoms with Gasteiger partial charge in [-0.05, 0) is 40.5 Å². The van der Waals surface area contributed by atoms with Gasteiger partial charge in [-0.3, -0.25) is 10.1 Å². The van der Waals surface area contributed by atoms with Crippen molar-refractivity contribution in [2.75, 3.05) is 6.61 Å². The molecule has 0 aliphatic heterocycles. The molecule has 0 aliphatic carbocycles. The van der Waals surface area contributed by atoms with Gasteiger partial charge in [0.05, 0.1) is 27.8 Å². The molecule has 1 N–H and O–H groups in total. The minimum atomic E-state index is -4.73. The first-order chi connectivity index (χ1) is 10.3. The largest absolute Gasteiger partial charge is 0.493 e. The average molecular weight is 379 g/mol. The number of rotatable bonds is 4. The molecule has 0 radical (unpaired) electrons. The number of halogens is 4. The molecule has 2 aromatic rings. The molecular formula is C13H10BrF3N2O3. The molecule has 0 aliphatic rings. The number of aromatic nitrogens is 1. The van der Waals surface area contributed by atoms with E-state index in [-0.39, 0.29) is 5.56 Å². The summed E-state index contributed by atoms with van der Waals surface area (Å²) >= 11 is 3.18. The monoisotopic (exact) mass is 378 g/mol. The van der Waals surface area contributed by atoms with Gasteiger partial charge in [0.25, 0.3) is 5.69 Å². The third-order valence-corrected chi connectivity index (χ3v) is 3.48. The maximum atomic E-state index is 13.0. The molecule has 0 spiro atoms. The Morgan fingerprint density at radius 3 is 2.59 bits per heavy atom. The van der Waals surface area contributed by atoms with E-state index < -0.39 is 28.0 Å². The molecule has 5 nitrogen and oxygen atoms in total. The number of hydrogen-bond acceptors (Lipinski definition) is 3. The van der Waals surface area contributed by atoms with Gasteiger partial charge in [0.2, 0.25) is 0 Å². The zero-order valence-electron chi connectivity index (χ0n) is 11.2. The van der Waals surface area contributed by atoms with Crippen LogP contribution in [0.25, 0.3) is 11.1 Å². The summed E-state index contributed by atoms with van der Waals surface area (Å²) in [4.78, 5) is 12.1. The van der Waals surface area contributed by atoms with Crippen LogP contribution in [-0.4, -0.2) is 16.5 Å². The summed E-state index contributed by atoms with van der Waals surface area (Å²) in [6.07, 6.45) is -3.99. The molecule has 9 heteroatoms. The van der Waals surface area contributed by atoms with E-state index in [2.05, 4.69) is 15.9 Å². The normalized spacial score (nSPS) is 11.5. The lowest BCUT2D eigenvalue weighted by Crippen LogP contribution is -2.07. The topological polar surface area (TPSA) is 68.2 Å². The highest BCUT2D eigenvalue weighted by Gasteiger charge is 2.39. The van der Waals surface area contributed by atoms with Gasteiger partial charge in [-0.1, -0.05) is 6.07 Å². The van der Waals surface area contributed by atoms with Crippen molar-refractivity contribution in [3.05, 3.63) is 44.7 Å². The smallest absolute Gasteiger partial charge is 0.432 e. The highest BCUT2D eigenvalue weighted by Crippen LogP contribution is 2.43. The van der Waals surface area contributed by atoms with Crippen LogP contribution in [0.5, 0.6) is 5.75 Å². The molecule has 0 bridgehead atoms. The standard InChI is InChI=1S/C13H10BrF3N2O3/c1-2-22-10-4-3-7(5-8(10)14)11-9(19(20)21)6-18-12(11)13(15,16)17/h3-6,18H,2H2,1H3. The predicted octanol–water partition coefficient (Wildman–Crippen LogP) is 4.77. The van der Waals surface area contributed by atoms with Gasteiger partial charge in [-0.15, -0.1) is 0 Å². The molecule has 2 rings (SSSR count). The minimum Gasteiger partial charge on any atom is -0.493 e. The number of hydrogen-bond donors (Lipinski definition) is 1. The van der Waals surface area contributed by atoms with Gasteiger partial charge < -0.3 is 9.72 Å². The summed E-state index contributed by atoms with van der Waals surface area (Å²) in [7, 11) is 0. The number of alkyl halides is 3. The van der Waals surface area contributed by atoms with Crippen LogP contribution in [-0.2, 0) is 6.18 Å². The Hall–Kier alpha value is -2.03. The van der Waals surface area contributed by atoms with Gasteiger partial charge in [-0.2, -0.15) is 13.2 Å². The number of benzene rings is 1. The molecule has 0 fully saturated rings. The Balaban J connectivity index is 2.63. The van der Waals surface area contributed by atoms with E-state index in [1.54, 1.807) is 6.92 Å². The third kappa shape index (κ3) is 3.08. The van der Waals surface area contributed by atoms with Crippen molar-refractivity contribution in [3.63, 3.8) is 0 Å². The SMILES string of the molecule is CCOc1ccc(-c2c([N+](=O)[O-])c[nH]c2C(F)(F)F)cc1Br. The number of nitrogens with zero attached hydrogens (tertiary/aromatic N) is 1. The van der Waals surface area contributed by atoms with Crippen molar-refractivity contribution in [2.24, 2.45) is 0 Å². The molecule has 118 valence electrons. The van der Waals surface area contributed by atoms with Gasteiger partial charge in [0.15, 0.2) is 0 Å². The fraction of sp³-hybridized carbons (Fsp3) is 0.231. The zero-order valence-corrected chi connectivity index (χ0v) is 12.8. The van der Waals surface area contributed by atoms with E-state index in [1.807, 2.05) is 4.98 Å². The molecule has 0 saturated carbocycles. The quantitative estimate of drug-likeness (QED) is 0.615. The summed E-state index contributed by atoms with van der Waals surface area (Å²) in [5, 5.41) is 11.0. The summed E-state index contributed by atoms with van der Waals surface area (Å²) < 4.78 is 44.7. The summed E-state index contributed by atoms with van der Waals surface area (Å²) in [5.41, 5.74) is -2.23. The highest BCUT2D eigenvalue weighted by molar-refractivity contribution is 9.10. The first-order valence-corrected chi connectivity index (χ1v) is 6.90. The number of nitrogens with one attached hydrogen (secondary N) is 1. The van der Waals surface area contributed by atoms with E-state index >= 15 is 0 Å². The van der Waals surface area contributed by atoms with E-state index in [0.717, 1.165) is 6.20 Å². The Kier molecular flexibility index (Phi) is 4.45. The second-order valence-electron chi connectivity index (χ2n) is 4.26. The van der Waals surface area contributed by atoms with Crippen LogP contribution in [0.3, 0.4) is 0 Å². The minimum absolute atomic E-state index is 0.0654. The Bertz CT molecular complexity index is 713. The van der Waals surface area contributed by atoms with E-state index in [0.29, 0.717) is 16.8 Å². The highest BCUT2D eigenvalue weighted by atomic mass is 79.9. The van der Waals surface area contributed by atoms with Crippen molar-refractivity contribution in [1.29, 1.82) is 0 Å². The van der Waals surface area contributed by atoms with Crippen molar-refractivity contribution in [1.82, 2.24) is 4.98 Å². The lowest BCUT2D eigenvalue weighted by molar-refractivity contribution is -0.384. The van der Waals surface area contributed by atoms with Gasteiger partial charge in [0, 0.05) is 0 Å². The molecule has 22 heavy (non-hydrogen) atoms. The van der Waals surface area contributed by atoms with Crippen molar-refractivity contribution in [2.45, 2.75) is 13.1 Å². The van der Waals surface area contributed by atoms with E-state index in [4.69, 9.17) is 4.74 Å². The van der Waals surface area contributed by atoms with Crippen molar-refractivity contribution >= 4 is 21.6 Å². The van der Waals surface area contributed by atoms with Crippen LogP contribution < -0.4 is 4.74 Å². The van der Waals surface area contributed by atoms with Gasteiger partial charge >= 0.3 is 6.18 Å². The van der Waals surface area contributed by atoms with Crippen LogP contribution in [0.1, 0.15) is 12.6 Å². The molecule has 0 saturated heterocycles. The third-order valence-electron chi connectivity index (χ3n) is 2.86. The molecular weight excluding hydrogens is 369 g/mol. The van der Waals surface area contributed by atoms with Gasteiger partial charge in [-0.25, -0.2) is 0 Å². The number of ether oxygens (including phenoxy) is 1. The second-order valence-corrected chi connectivity index (χ2v) is 5.11. The van der Waals surface area contributed by atoms with Crippen LogP contribution in [0.15, 0.2) is 28.9 Å². The lowest BCUT2D eigenvalue weighted by atomic mass is 10.0. The number of aromatic amines is 1. The lowest BCUT2D eigenvalue weighted by Gasteiger charge is -2.10. The maximum absolute atomic E-state index is 13.0. The van der Waals surface area contributed by atoms with Gasteiger partial charge in [0.1, 0.15) is 11.4 Å². The van der Waals surface area contributed by atoms with Crippen molar-refractivity contribution < 1.29 is 22.8 Å². The Morgan fingerprint density at radius 1 is 1.41 bits per heavy atom. The van der Waals surface area contributed by atoms with Crippen LogP contribution in [0, 0.1) is 10.1 Å². The molecule has 0 amide bonds. The summed E-state index contributed by atoms with van der Waals surface area (Å²) in [6, 6.07) is 4.16. The van der Waals surface area contributed by atoms with Crippen LogP contribution in [0.2, 0.25) is 0 Å². The molecule has 1 aromatic carbocycles. The predicted molar refractivity (Wildman–Crippen MR) is 76.8 cm³/mol. The molecule has 0 unspecified atom stereocenters. The summed E-state index contributed by atoms with van der Waals surface area (Å²) in [6.45, 7) is 2.15. The first kappa shape index (κ1) is 16.3. The Morgan fingerprint density at radius 2 is 2.09 bits per heavy atom. The fourth-order valence-corrected chi connectivity index (χ4v) is 2.49. The molecule has 1 heterocycles. The fourth-order valence-electron chi connectivity index (χ4n) is 2.00. The maximum Gasteiger partial charge on any atom is 0.432 e.